The van der Waals surface area contributed by atoms with E-state index in [9.17, 15) is 24.8 Å². The number of ether oxygens (including phenoxy) is 1. The van der Waals surface area contributed by atoms with Crippen LogP contribution in [0.3, 0.4) is 0 Å². The molecule has 28 heavy (non-hydrogen) atoms. The van der Waals surface area contributed by atoms with Crippen LogP contribution in [0.15, 0.2) is 47.4 Å². The summed E-state index contributed by atoms with van der Waals surface area (Å²) in [5.74, 6) is -0.238. The van der Waals surface area contributed by atoms with Gasteiger partial charge in [0.1, 0.15) is 18.1 Å². The van der Waals surface area contributed by atoms with Gasteiger partial charge in [-0.25, -0.2) is 0 Å². The average Bonchev–Trinajstić information content (AvgIpc) is 2.92. The number of carbonyl (C=O) groups excluding carboxylic acids is 2. The Hall–Kier alpha value is -3.04. The number of hydrogen-bond acceptors (Lipinski definition) is 7. The van der Waals surface area contributed by atoms with E-state index in [0.29, 0.717) is 22.5 Å². The zero-order valence-electron chi connectivity index (χ0n) is 14.2. The lowest BCUT2D eigenvalue weighted by Crippen LogP contribution is -2.32. The molecule has 8 nitrogen and oxygen atoms in total. The van der Waals surface area contributed by atoms with Crippen molar-refractivity contribution in [1.82, 2.24) is 4.90 Å². The minimum absolute atomic E-state index is 0.0333. The highest BCUT2D eigenvalue weighted by Gasteiger charge is 2.35. The number of imide groups is 1. The van der Waals surface area contributed by atoms with Gasteiger partial charge in [0.15, 0.2) is 0 Å². The lowest BCUT2D eigenvalue weighted by Gasteiger charge is -2.13. The zero-order chi connectivity index (χ0) is 20.3. The van der Waals surface area contributed by atoms with Gasteiger partial charge in [-0.2, -0.15) is 0 Å². The number of non-ortho nitro benzene ring substituents is 1. The Bertz CT molecular complexity index is 977. The third-order valence-corrected chi connectivity index (χ3v) is 4.94. The summed E-state index contributed by atoms with van der Waals surface area (Å²) in [5.41, 5.74) is -0.156. The number of rotatable bonds is 6. The minimum Gasteiger partial charge on any atom is -0.507 e. The number of benzene rings is 2. The third-order valence-electron chi connectivity index (χ3n) is 3.78. The summed E-state index contributed by atoms with van der Waals surface area (Å²) in [6.07, 6.45) is 1.26. The van der Waals surface area contributed by atoms with Crippen LogP contribution in [0.5, 0.6) is 11.5 Å². The van der Waals surface area contributed by atoms with E-state index in [1.165, 1.54) is 6.08 Å². The van der Waals surface area contributed by atoms with Crippen LogP contribution in [0.4, 0.5) is 10.5 Å². The molecule has 0 unspecified atom stereocenters. The monoisotopic (exact) mass is 420 g/mol. The molecule has 144 valence electrons. The SMILES string of the molecule is O=C1S/C(=C\c2cc([N+](=O)[O-])ccc2O)C(=O)N1CCOc1ccc(Cl)cc1. The van der Waals surface area contributed by atoms with Crippen molar-refractivity contribution < 1.29 is 24.4 Å². The van der Waals surface area contributed by atoms with Crippen LogP contribution in [-0.4, -0.2) is 39.2 Å². The lowest BCUT2D eigenvalue weighted by atomic mass is 10.1. The number of carbonyl (C=O) groups is 2. The number of hydrogen-bond donors (Lipinski definition) is 1. The van der Waals surface area contributed by atoms with Crippen molar-refractivity contribution in [2.75, 3.05) is 13.2 Å². The molecule has 2 amide bonds. The molecule has 10 heteroatoms. The van der Waals surface area contributed by atoms with Gasteiger partial charge in [-0.05, 0) is 48.2 Å². The molecule has 0 spiro atoms. The Balaban J connectivity index is 1.69. The van der Waals surface area contributed by atoms with E-state index in [-0.39, 0.29) is 35.1 Å². The van der Waals surface area contributed by atoms with Gasteiger partial charge < -0.3 is 9.84 Å². The number of phenols is 1. The Morgan fingerprint density at radius 1 is 1.21 bits per heavy atom. The quantitative estimate of drug-likeness (QED) is 0.426. The van der Waals surface area contributed by atoms with Crippen molar-refractivity contribution in [3.05, 3.63) is 68.1 Å². The smallest absolute Gasteiger partial charge is 0.293 e. The molecule has 1 aliphatic heterocycles. The number of thioether (sulfide) groups is 1. The summed E-state index contributed by atoms with van der Waals surface area (Å²) in [6.45, 7) is 0.126. The van der Waals surface area contributed by atoms with Crippen molar-refractivity contribution in [3.63, 3.8) is 0 Å². The van der Waals surface area contributed by atoms with Gasteiger partial charge in [-0.15, -0.1) is 0 Å². The van der Waals surface area contributed by atoms with E-state index in [0.717, 1.165) is 23.1 Å². The van der Waals surface area contributed by atoms with E-state index in [1.807, 2.05) is 0 Å². The van der Waals surface area contributed by atoms with Crippen molar-refractivity contribution >= 4 is 46.3 Å². The van der Waals surface area contributed by atoms with Crippen molar-refractivity contribution in [1.29, 1.82) is 0 Å². The Morgan fingerprint density at radius 3 is 2.61 bits per heavy atom. The van der Waals surface area contributed by atoms with Gasteiger partial charge in [0, 0.05) is 22.7 Å². The van der Waals surface area contributed by atoms with Crippen molar-refractivity contribution in [2.45, 2.75) is 0 Å². The van der Waals surface area contributed by atoms with E-state index in [4.69, 9.17) is 16.3 Å². The van der Waals surface area contributed by atoms with Gasteiger partial charge in [0.25, 0.3) is 16.8 Å². The largest absolute Gasteiger partial charge is 0.507 e. The summed E-state index contributed by atoms with van der Waals surface area (Å²) >= 11 is 6.48. The molecule has 1 fully saturated rings. The standard InChI is InChI=1S/C18H13ClN2O6S/c19-12-1-4-14(5-2-12)27-8-7-20-17(23)16(28-18(20)24)10-11-9-13(21(25)26)3-6-15(11)22/h1-6,9-10,22H,7-8H2/b16-10-. The summed E-state index contributed by atoms with van der Waals surface area (Å²) < 4.78 is 5.49. The number of nitro groups is 1. The van der Waals surface area contributed by atoms with Gasteiger partial charge in [0.05, 0.1) is 16.4 Å². The van der Waals surface area contributed by atoms with Gasteiger partial charge in [0.2, 0.25) is 0 Å². The fourth-order valence-corrected chi connectivity index (χ4v) is 3.37. The molecule has 0 saturated carbocycles. The predicted octanol–water partition coefficient (Wildman–Crippen LogP) is 4.07. The van der Waals surface area contributed by atoms with E-state index >= 15 is 0 Å². The molecule has 1 saturated heterocycles. The molecular weight excluding hydrogens is 408 g/mol. The second-order valence-corrected chi connectivity index (χ2v) is 7.07. The first-order valence-corrected chi connectivity index (χ1v) is 9.16. The van der Waals surface area contributed by atoms with Crippen molar-refractivity contribution in [2.24, 2.45) is 0 Å². The third kappa shape index (κ3) is 4.44. The summed E-state index contributed by atoms with van der Waals surface area (Å²) in [5, 5.41) is 20.8. The molecule has 0 bridgehead atoms. The van der Waals surface area contributed by atoms with Gasteiger partial charge >= 0.3 is 0 Å². The first-order valence-electron chi connectivity index (χ1n) is 7.96. The van der Waals surface area contributed by atoms with Gasteiger partial charge in [-0.3, -0.25) is 24.6 Å². The van der Waals surface area contributed by atoms with Crippen LogP contribution < -0.4 is 4.74 Å². The number of nitro benzene ring substituents is 1. The first-order chi connectivity index (χ1) is 13.3. The number of halogens is 1. The highest BCUT2D eigenvalue weighted by molar-refractivity contribution is 8.18. The van der Waals surface area contributed by atoms with Crippen LogP contribution in [-0.2, 0) is 4.79 Å². The number of nitrogens with zero attached hydrogens (tertiary/aromatic N) is 2. The minimum atomic E-state index is -0.614. The van der Waals surface area contributed by atoms with Gasteiger partial charge in [-0.1, -0.05) is 11.6 Å². The summed E-state index contributed by atoms with van der Waals surface area (Å²) in [4.78, 5) is 35.9. The molecule has 0 atom stereocenters. The van der Waals surface area contributed by atoms with Crippen LogP contribution in [0.25, 0.3) is 6.08 Å². The fourth-order valence-electron chi connectivity index (χ4n) is 2.39. The Morgan fingerprint density at radius 2 is 1.93 bits per heavy atom. The molecule has 1 heterocycles. The number of aromatic hydroxyl groups is 1. The molecule has 1 aliphatic rings. The molecule has 1 N–H and O–H groups in total. The molecule has 0 aliphatic carbocycles. The molecular formula is C18H13ClN2O6S. The topological polar surface area (TPSA) is 110 Å². The fraction of sp³-hybridized carbons (Fsp3) is 0.111. The number of phenolic OH excluding ortho intramolecular Hbond substituents is 1. The van der Waals surface area contributed by atoms with Crippen molar-refractivity contribution in [3.8, 4) is 11.5 Å². The molecule has 2 aromatic carbocycles. The van der Waals surface area contributed by atoms with Crippen LogP contribution in [0.2, 0.25) is 5.02 Å². The predicted molar refractivity (Wildman–Crippen MR) is 104 cm³/mol. The first kappa shape index (κ1) is 19.7. The number of amides is 2. The zero-order valence-corrected chi connectivity index (χ0v) is 15.8. The maximum absolute atomic E-state index is 12.5. The van der Waals surface area contributed by atoms with Crippen LogP contribution in [0, 0.1) is 10.1 Å². The Labute approximate surface area is 168 Å². The molecule has 3 rings (SSSR count). The average molecular weight is 421 g/mol. The van der Waals surface area contributed by atoms with E-state index in [1.54, 1.807) is 24.3 Å². The van der Waals surface area contributed by atoms with Crippen LogP contribution in [0.1, 0.15) is 5.56 Å². The highest BCUT2D eigenvalue weighted by atomic mass is 35.5. The second-order valence-electron chi connectivity index (χ2n) is 5.64. The highest BCUT2D eigenvalue weighted by Crippen LogP contribution is 2.34. The molecule has 0 aromatic heterocycles. The summed E-state index contributed by atoms with van der Waals surface area (Å²) in [6, 6.07) is 10.1. The van der Waals surface area contributed by atoms with E-state index in [2.05, 4.69) is 0 Å². The van der Waals surface area contributed by atoms with Crippen LogP contribution >= 0.6 is 23.4 Å². The Kier molecular flexibility index (Phi) is 5.86. The maximum Gasteiger partial charge on any atom is 0.293 e. The summed E-state index contributed by atoms with van der Waals surface area (Å²) in [7, 11) is 0. The normalized spacial score (nSPS) is 15.3. The van der Waals surface area contributed by atoms with E-state index < -0.39 is 16.1 Å². The second kappa shape index (κ2) is 8.32. The molecule has 0 radical (unpaired) electrons. The lowest BCUT2D eigenvalue weighted by molar-refractivity contribution is -0.384. The molecule has 2 aromatic rings. The maximum atomic E-state index is 12.5.